The molecule has 1 atom stereocenters. The molecule has 1 aliphatic rings. The van der Waals surface area contributed by atoms with Gasteiger partial charge >= 0.3 is 0 Å². The third-order valence-corrected chi connectivity index (χ3v) is 3.85. The largest absolute Gasteiger partial charge is 0.492 e. The molecular formula is C15H23NO. The van der Waals surface area contributed by atoms with Gasteiger partial charge in [0.15, 0.2) is 0 Å². The minimum absolute atomic E-state index is 0.497. The van der Waals surface area contributed by atoms with Crippen molar-refractivity contribution in [2.45, 2.75) is 38.6 Å². The number of benzene rings is 1. The van der Waals surface area contributed by atoms with Crippen LogP contribution in [0.5, 0.6) is 5.75 Å². The average molecular weight is 233 g/mol. The van der Waals surface area contributed by atoms with Gasteiger partial charge in [0.1, 0.15) is 12.4 Å². The second-order valence-electron chi connectivity index (χ2n) is 5.02. The molecule has 17 heavy (non-hydrogen) atoms. The van der Waals surface area contributed by atoms with Crippen molar-refractivity contribution in [3.63, 3.8) is 0 Å². The van der Waals surface area contributed by atoms with Gasteiger partial charge in [-0.3, -0.25) is 0 Å². The second-order valence-corrected chi connectivity index (χ2v) is 5.02. The van der Waals surface area contributed by atoms with Crippen molar-refractivity contribution in [3.05, 3.63) is 29.8 Å². The first-order chi connectivity index (χ1) is 8.31. The van der Waals surface area contributed by atoms with Gasteiger partial charge in [-0.15, -0.1) is 0 Å². The fourth-order valence-corrected chi connectivity index (χ4v) is 2.71. The van der Waals surface area contributed by atoms with Crippen molar-refractivity contribution in [1.29, 1.82) is 0 Å². The monoisotopic (exact) mass is 233 g/mol. The molecule has 1 saturated carbocycles. The number of nitrogens with one attached hydrogen (secondary N) is 1. The maximum atomic E-state index is 5.94. The molecule has 0 saturated heterocycles. The van der Waals surface area contributed by atoms with Crippen LogP contribution in [0.3, 0.4) is 0 Å². The summed E-state index contributed by atoms with van der Waals surface area (Å²) in [5.74, 6) is 1.81. The molecule has 2 heteroatoms. The molecule has 1 aromatic carbocycles. The molecule has 0 radical (unpaired) electrons. The first-order valence-electron chi connectivity index (χ1n) is 6.67. The van der Waals surface area contributed by atoms with Crippen molar-refractivity contribution in [2.75, 3.05) is 13.7 Å². The molecule has 0 aromatic heterocycles. The normalized spacial score (nSPS) is 18.2. The van der Waals surface area contributed by atoms with Crippen LogP contribution in [0.15, 0.2) is 24.3 Å². The summed E-state index contributed by atoms with van der Waals surface area (Å²) in [5, 5.41) is 3.41. The van der Waals surface area contributed by atoms with Crippen LogP contribution in [-0.4, -0.2) is 19.7 Å². The summed E-state index contributed by atoms with van der Waals surface area (Å²) < 4.78 is 5.94. The fourth-order valence-electron chi connectivity index (χ4n) is 2.71. The zero-order valence-corrected chi connectivity index (χ0v) is 10.9. The summed E-state index contributed by atoms with van der Waals surface area (Å²) in [7, 11) is 2.05. The SMILES string of the molecule is CNC(COc1ccccc1C)C1CCCC1. The molecule has 2 rings (SSSR count). The average Bonchev–Trinajstić information content (AvgIpc) is 2.86. The van der Waals surface area contributed by atoms with Gasteiger partial charge in [0.05, 0.1) is 0 Å². The second kappa shape index (κ2) is 6.06. The third kappa shape index (κ3) is 3.22. The van der Waals surface area contributed by atoms with Crippen molar-refractivity contribution in [3.8, 4) is 5.75 Å². The minimum Gasteiger partial charge on any atom is -0.492 e. The Morgan fingerprint density at radius 1 is 1.29 bits per heavy atom. The van der Waals surface area contributed by atoms with E-state index < -0.39 is 0 Å². The molecule has 1 fully saturated rings. The van der Waals surface area contributed by atoms with Crippen molar-refractivity contribution in [1.82, 2.24) is 5.32 Å². The molecule has 0 heterocycles. The molecule has 0 spiro atoms. The highest BCUT2D eigenvalue weighted by Crippen LogP contribution is 2.28. The van der Waals surface area contributed by atoms with Gasteiger partial charge in [-0.1, -0.05) is 31.0 Å². The zero-order valence-electron chi connectivity index (χ0n) is 10.9. The molecule has 1 aromatic rings. The predicted octanol–water partition coefficient (Wildman–Crippen LogP) is 3.15. The van der Waals surface area contributed by atoms with Gasteiger partial charge in [0, 0.05) is 6.04 Å². The lowest BCUT2D eigenvalue weighted by atomic mass is 9.99. The van der Waals surface area contributed by atoms with E-state index in [-0.39, 0.29) is 0 Å². The minimum atomic E-state index is 0.497. The van der Waals surface area contributed by atoms with Crippen LogP contribution in [0.1, 0.15) is 31.2 Å². The van der Waals surface area contributed by atoms with Crippen LogP contribution in [0.25, 0.3) is 0 Å². The van der Waals surface area contributed by atoms with Crippen molar-refractivity contribution >= 4 is 0 Å². The Morgan fingerprint density at radius 2 is 2.00 bits per heavy atom. The van der Waals surface area contributed by atoms with Gasteiger partial charge in [0.25, 0.3) is 0 Å². The van der Waals surface area contributed by atoms with Gasteiger partial charge in [0.2, 0.25) is 0 Å². The Kier molecular flexibility index (Phi) is 4.43. The molecule has 1 unspecified atom stereocenters. The van der Waals surface area contributed by atoms with Gasteiger partial charge < -0.3 is 10.1 Å². The number of hydrogen-bond acceptors (Lipinski definition) is 2. The Bertz CT molecular complexity index is 345. The maximum absolute atomic E-state index is 5.94. The molecular weight excluding hydrogens is 210 g/mol. The summed E-state index contributed by atoms with van der Waals surface area (Å²) in [5.41, 5.74) is 1.22. The quantitative estimate of drug-likeness (QED) is 0.843. The Hall–Kier alpha value is -1.02. The summed E-state index contributed by atoms with van der Waals surface area (Å²) in [6, 6.07) is 8.73. The van der Waals surface area contributed by atoms with E-state index in [2.05, 4.69) is 30.4 Å². The van der Waals surface area contributed by atoms with E-state index in [1.54, 1.807) is 0 Å². The summed E-state index contributed by atoms with van der Waals surface area (Å²) in [4.78, 5) is 0. The lowest BCUT2D eigenvalue weighted by molar-refractivity contribution is 0.224. The first kappa shape index (κ1) is 12.4. The summed E-state index contributed by atoms with van der Waals surface area (Å²) in [6.45, 7) is 2.88. The highest BCUT2D eigenvalue weighted by molar-refractivity contribution is 5.31. The molecule has 0 bridgehead atoms. The predicted molar refractivity (Wildman–Crippen MR) is 71.5 cm³/mol. The molecule has 2 nitrogen and oxygen atoms in total. The molecule has 1 N–H and O–H groups in total. The third-order valence-electron chi connectivity index (χ3n) is 3.85. The van der Waals surface area contributed by atoms with E-state index >= 15 is 0 Å². The highest BCUT2D eigenvalue weighted by Gasteiger charge is 2.24. The van der Waals surface area contributed by atoms with E-state index in [0.29, 0.717) is 6.04 Å². The van der Waals surface area contributed by atoms with E-state index in [0.717, 1.165) is 18.3 Å². The number of hydrogen-bond donors (Lipinski definition) is 1. The van der Waals surface area contributed by atoms with Crippen LogP contribution < -0.4 is 10.1 Å². The van der Waals surface area contributed by atoms with Crippen LogP contribution in [-0.2, 0) is 0 Å². The molecule has 94 valence electrons. The summed E-state index contributed by atoms with van der Waals surface area (Å²) >= 11 is 0. The number of likely N-dealkylation sites (N-methyl/N-ethyl adjacent to an activating group) is 1. The molecule has 0 amide bonds. The van der Waals surface area contributed by atoms with Gasteiger partial charge in [-0.25, -0.2) is 0 Å². The lowest BCUT2D eigenvalue weighted by Gasteiger charge is -2.23. The first-order valence-corrected chi connectivity index (χ1v) is 6.67. The smallest absolute Gasteiger partial charge is 0.122 e. The number of rotatable bonds is 5. The Morgan fingerprint density at radius 3 is 2.65 bits per heavy atom. The zero-order chi connectivity index (χ0) is 12.1. The maximum Gasteiger partial charge on any atom is 0.122 e. The standard InChI is InChI=1S/C15H23NO/c1-12-7-3-6-10-15(12)17-11-14(16-2)13-8-4-5-9-13/h3,6-7,10,13-14,16H,4-5,8-9,11H2,1-2H3. The Balaban J connectivity index is 1.89. The molecule has 1 aliphatic carbocycles. The van der Waals surface area contributed by atoms with E-state index in [1.807, 2.05) is 13.1 Å². The molecule has 0 aliphatic heterocycles. The topological polar surface area (TPSA) is 21.3 Å². The lowest BCUT2D eigenvalue weighted by Crippen LogP contribution is -2.37. The van der Waals surface area contributed by atoms with Crippen molar-refractivity contribution in [2.24, 2.45) is 5.92 Å². The van der Waals surface area contributed by atoms with E-state index in [9.17, 15) is 0 Å². The van der Waals surface area contributed by atoms with E-state index in [1.165, 1.54) is 31.2 Å². The van der Waals surface area contributed by atoms with Crippen molar-refractivity contribution < 1.29 is 4.74 Å². The number of para-hydroxylation sites is 1. The van der Waals surface area contributed by atoms with Gasteiger partial charge in [-0.2, -0.15) is 0 Å². The summed E-state index contributed by atoms with van der Waals surface area (Å²) in [6.07, 6.45) is 5.46. The van der Waals surface area contributed by atoms with E-state index in [4.69, 9.17) is 4.74 Å². The highest BCUT2D eigenvalue weighted by atomic mass is 16.5. The van der Waals surface area contributed by atoms with Crippen LogP contribution in [0, 0.1) is 12.8 Å². The number of ether oxygens (including phenoxy) is 1. The Labute approximate surface area is 104 Å². The van der Waals surface area contributed by atoms with Crippen LogP contribution in [0.2, 0.25) is 0 Å². The van der Waals surface area contributed by atoms with Gasteiger partial charge in [-0.05, 0) is 44.4 Å². The van der Waals surface area contributed by atoms with Crippen LogP contribution in [0.4, 0.5) is 0 Å². The van der Waals surface area contributed by atoms with Crippen LogP contribution >= 0.6 is 0 Å². The fraction of sp³-hybridized carbons (Fsp3) is 0.600. The number of aryl methyl sites for hydroxylation is 1.